The number of aryl methyl sites for hydroxylation is 1. The minimum Gasteiger partial charge on any atom is -0.338 e. The number of rotatable bonds is 2. The Morgan fingerprint density at radius 1 is 1.06 bits per heavy atom. The number of carbonyl (C=O) groups excluding carboxylic acids is 1. The number of halogens is 2. The van der Waals surface area contributed by atoms with E-state index in [-0.39, 0.29) is 42.9 Å². The molecule has 8 nitrogen and oxygen atoms in total. The molecule has 0 radical (unpaired) electrons. The van der Waals surface area contributed by atoms with Crippen LogP contribution in [0.2, 0.25) is 0 Å². The van der Waals surface area contributed by atoms with Crippen molar-refractivity contribution in [2.24, 2.45) is 0 Å². The maximum Gasteiger partial charge on any atom is 0.277 e. The summed E-state index contributed by atoms with van der Waals surface area (Å²) in [5.41, 5.74) is 2.55. The summed E-state index contributed by atoms with van der Waals surface area (Å²) < 4.78 is 26.8. The predicted molar refractivity (Wildman–Crippen MR) is 110 cm³/mol. The second-order valence-electron chi connectivity index (χ2n) is 7.90. The number of pyridine rings is 2. The fraction of sp³-hybridized carbons (Fsp3) is 0.381. The molecule has 1 saturated heterocycles. The summed E-state index contributed by atoms with van der Waals surface area (Å²) in [4.78, 5) is 43.6. The van der Waals surface area contributed by atoms with Gasteiger partial charge in [0.05, 0.1) is 29.3 Å². The molecule has 5 rings (SSSR count). The number of aromatic nitrogens is 4. The van der Waals surface area contributed by atoms with Gasteiger partial charge in [0, 0.05) is 38.7 Å². The van der Waals surface area contributed by atoms with Crippen molar-refractivity contribution in [3.05, 3.63) is 52.3 Å². The van der Waals surface area contributed by atoms with Crippen molar-refractivity contribution < 1.29 is 13.6 Å². The van der Waals surface area contributed by atoms with Gasteiger partial charge < -0.3 is 14.8 Å². The summed E-state index contributed by atoms with van der Waals surface area (Å²) in [6.45, 7) is 0.804. The number of nitrogens with zero attached hydrogens (tertiary/aromatic N) is 5. The largest absolute Gasteiger partial charge is 0.338 e. The summed E-state index contributed by atoms with van der Waals surface area (Å²) in [6.07, 6.45) is 5.45. The van der Waals surface area contributed by atoms with Crippen LogP contribution in [0.5, 0.6) is 0 Å². The molecule has 0 saturated carbocycles. The predicted octanol–water partition coefficient (Wildman–Crippen LogP) is 2.67. The standard InChI is InChI=1S/C21H20F2N6O2/c22-21(23)3-6-28(7-4-21)20(31)14-8-13-2-1-5-29(18(13)25-10-14)15-9-16-17(24-11-15)19(30)27-12-26-16/h8-12H,1-7H2,(H,26,27,30). The molecule has 31 heavy (non-hydrogen) atoms. The van der Waals surface area contributed by atoms with Crippen LogP contribution in [0.3, 0.4) is 0 Å². The van der Waals surface area contributed by atoms with Crippen molar-refractivity contribution in [1.29, 1.82) is 0 Å². The molecule has 1 N–H and O–H groups in total. The van der Waals surface area contributed by atoms with Crippen molar-refractivity contribution in [2.45, 2.75) is 31.6 Å². The molecule has 3 aromatic heterocycles. The smallest absolute Gasteiger partial charge is 0.277 e. The van der Waals surface area contributed by atoms with E-state index in [1.165, 1.54) is 17.4 Å². The van der Waals surface area contributed by atoms with Crippen LogP contribution in [0.25, 0.3) is 11.0 Å². The van der Waals surface area contributed by atoms with Crippen LogP contribution in [0, 0.1) is 0 Å². The first-order valence-corrected chi connectivity index (χ1v) is 10.2. The molecule has 0 spiro atoms. The summed E-state index contributed by atoms with van der Waals surface area (Å²) in [5.74, 6) is -2.24. The Balaban J connectivity index is 1.43. The zero-order valence-corrected chi connectivity index (χ0v) is 16.6. The normalized spacial score (nSPS) is 18.1. The third kappa shape index (κ3) is 3.62. The highest BCUT2D eigenvalue weighted by molar-refractivity contribution is 5.94. The van der Waals surface area contributed by atoms with Crippen molar-refractivity contribution in [3.63, 3.8) is 0 Å². The van der Waals surface area contributed by atoms with Gasteiger partial charge in [-0.05, 0) is 30.5 Å². The first kappa shape index (κ1) is 19.5. The van der Waals surface area contributed by atoms with Crippen molar-refractivity contribution in [3.8, 4) is 0 Å². The molecule has 2 aliphatic heterocycles. The average molecular weight is 426 g/mol. The van der Waals surface area contributed by atoms with Crippen LogP contribution in [0.1, 0.15) is 35.2 Å². The number of hydrogen-bond donors (Lipinski definition) is 1. The number of fused-ring (bicyclic) bond motifs is 2. The zero-order valence-electron chi connectivity index (χ0n) is 16.6. The van der Waals surface area contributed by atoms with Crippen LogP contribution >= 0.6 is 0 Å². The van der Waals surface area contributed by atoms with Gasteiger partial charge in [-0.3, -0.25) is 9.59 Å². The Labute approximate surface area is 175 Å². The molecule has 2 aliphatic rings. The third-order valence-electron chi connectivity index (χ3n) is 5.83. The van der Waals surface area contributed by atoms with Crippen molar-refractivity contribution in [1.82, 2.24) is 24.8 Å². The van der Waals surface area contributed by atoms with Gasteiger partial charge in [0.15, 0.2) is 5.52 Å². The monoisotopic (exact) mass is 426 g/mol. The Bertz CT molecular complexity index is 1220. The minimum atomic E-state index is -2.70. The Morgan fingerprint density at radius 2 is 1.87 bits per heavy atom. The number of anilines is 2. The fourth-order valence-electron chi connectivity index (χ4n) is 4.14. The maximum atomic E-state index is 13.4. The van der Waals surface area contributed by atoms with Gasteiger partial charge in [0.25, 0.3) is 17.4 Å². The molecule has 0 bridgehead atoms. The minimum absolute atomic E-state index is 0.0456. The summed E-state index contributed by atoms with van der Waals surface area (Å²) >= 11 is 0. The molecule has 160 valence electrons. The van der Waals surface area contributed by atoms with Crippen LogP contribution < -0.4 is 10.5 Å². The van der Waals surface area contributed by atoms with Crippen LogP contribution in [0.4, 0.5) is 20.3 Å². The number of piperidine rings is 1. The van der Waals surface area contributed by atoms with E-state index in [2.05, 4.69) is 19.9 Å². The second kappa shape index (κ2) is 7.36. The van der Waals surface area contributed by atoms with E-state index < -0.39 is 5.92 Å². The molecule has 5 heterocycles. The molecule has 0 aromatic carbocycles. The quantitative estimate of drug-likeness (QED) is 0.677. The molecule has 10 heteroatoms. The lowest BCUT2D eigenvalue weighted by atomic mass is 10.0. The Hall–Kier alpha value is -3.43. The van der Waals surface area contributed by atoms with Gasteiger partial charge in [0.1, 0.15) is 5.82 Å². The number of aromatic amines is 1. The highest BCUT2D eigenvalue weighted by Crippen LogP contribution is 2.33. The van der Waals surface area contributed by atoms with Crippen molar-refractivity contribution in [2.75, 3.05) is 24.5 Å². The summed E-state index contributed by atoms with van der Waals surface area (Å²) in [7, 11) is 0. The van der Waals surface area contributed by atoms with E-state index in [4.69, 9.17) is 0 Å². The average Bonchev–Trinajstić information content (AvgIpc) is 2.78. The molecule has 0 aliphatic carbocycles. The third-order valence-corrected chi connectivity index (χ3v) is 5.83. The number of amides is 1. The SMILES string of the molecule is O=C(c1cnc2c(c1)CCCN2c1cnc2c(=O)[nH]cnc2c1)N1CCC(F)(F)CC1. The van der Waals surface area contributed by atoms with Gasteiger partial charge in [-0.2, -0.15) is 0 Å². The Kier molecular flexibility index (Phi) is 4.64. The van der Waals surface area contributed by atoms with E-state index in [0.717, 1.165) is 29.9 Å². The Morgan fingerprint density at radius 3 is 2.68 bits per heavy atom. The maximum absolute atomic E-state index is 13.4. The number of hydrogen-bond acceptors (Lipinski definition) is 6. The molecule has 1 amide bonds. The number of H-pyrrole nitrogens is 1. The van der Waals surface area contributed by atoms with Crippen molar-refractivity contribution >= 4 is 28.4 Å². The summed E-state index contributed by atoms with van der Waals surface area (Å²) in [6, 6.07) is 3.60. The molecular formula is C21H20F2N6O2. The van der Waals surface area contributed by atoms with Gasteiger partial charge in [0.2, 0.25) is 0 Å². The first-order valence-electron chi connectivity index (χ1n) is 10.2. The zero-order chi connectivity index (χ0) is 21.6. The highest BCUT2D eigenvalue weighted by atomic mass is 19.3. The van der Waals surface area contributed by atoms with Crippen LogP contribution in [-0.4, -0.2) is 56.3 Å². The fourth-order valence-corrected chi connectivity index (χ4v) is 4.14. The molecule has 3 aromatic rings. The number of nitrogens with one attached hydrogen (secondary N) is 1. The van der Waals surface area contributed by atoms with E-state index in [1.54, 1.807) is 18.3 Å². The number of carbonyl (C=O) groups is 1. The second-order valence-corrected chi connectivity index (χ2v) is 7.90. The lowest BCUT2D eigenvalue weighted by Crippen LogP contribution is -2.42. The van der Waals surface area contributed by atoms with Gasteiger partial charge in [-0.1, -0.05) is 0 Å². The molecular weight excluding hydrogens is 406 g/mol. The topological polar surface area (TPSA) is 95.1 Å². The highest BCUT2D eigenvalue weighted by Gasteiger charge is 2.36. The molecule has 0 unspecified atom stereocenters. The van der Waals surface area contributed by atoms with Crippen LogP contribution in [0.15, 0.2) is 35.6 Å². The van der Waals surface area contributed by atoms with Crippen LogP contribution in [-0.2, 0) is 6.42 Å². The number of alkyl halides is 2. The van der Waals surface area contributed by atoms with Gasteiger partial charge >= 0.3 is 0 Å². The van der Waals surface area contributed by atoms with E-state index in [9.17, 15) is 18.4 Å². The van der Waals surface area contributed by atoms with Gasteiger partial charge in [-0.25, -0.2) is 23.7 Å². The summed E-state index contributed by atoms with van der Waals surface area (Å²) in [5, 5.41) is 0. The van der Waals surface area contributed by atoms with E-state index in [1.807, 2.05) is 4.90 Å². The first-order chi connectivity index (χ1) is 14.9. The molecule has 1 fully saturated rings. The molecule has 0 atom stereocenters. The van der Waals surface area contributed by atoms with E-state index in [0.29, 0.717) is 17.6 Å². The number of likely N-dealkylation sites (tertiary alicyclic amines) is 1. The lowest BCUT2D eigenvalue weighted by molar-refractivity contribution is -0.0494. The van der Waals surface area contributed by atoms with Gasteiger partial charge in [-0.15, -0.1) is 0 Å². The lowest BCUT2D eigenvalue weighted by Gasteiger charge is -2.33. The van der Waals surface area contributed by atoms with E-state index >= 15 is 0 Å².